The van der Waals surface area contributed by atoms with Crippen LogP contribution < -0.4 is 15.5 Å². The molecule has 1 atom stereocenters. The molecule has 2 amide bonds. The zero-order valence-electron chi connectivity index (χ0n) is 13.8. The minimum absolute atomic E-state index is 0.108. The van der Waals surface area contributed by atoms with Gasteiger partial charge in [0.15, 0.2) is 0 Å². The molecular formula is C18H22FN3O2. The zero-order valence-corrected chi connectivity index (χ0v) is 13.8. The van der Waals surface area contributed by atoms with Gasteiger partial charge in [0.25, 0.3) is 0 Å². The van der Waals surface area contributed by atoms with Gasteiger partial charge in [-0.3, -0.25) is 0 Å². The SMILES string of the molecule is CN(C)c1ccc([C@@H](O)CNC(=O)NCc2ccc(F)cc2)cc1. The number of benzene rings is 2. The van der Waals surface area contributed by atoms with Gasteiger partial charge in [0.2, 0.25) is 0 Å². The van der Waals surface area contributed by atoms with Crippen molar-refractivity contribution in [2.75, 3.05) is 25.5 Å². The summed E-state index contributed by atoms with van der Waals surface area (Å²) in [5.41, 5.74) is 2.57. The van der Waals surface area contributed by atoms with Crippen LogP contribution in [0.15, 0.2) is 48.5 Å². The van der Waals surface area contributed by atoms with Gasteiger partial charge in [0.05, 0.1) is 6.10 Å². The Hall–Kier alpha value is -2.60. The lowest BCUT2D eigenvalue weighted by atomic mass is 10.1. The third kappa shape index (κ3) is 5.24. The largest absolute Gasteiger partial charge is 0.387 e. The van der Waals surface area contributed by atoms with E-state index in [9.17, 15) is 14.3 Å². The van der Waals surface area contributed by atoms with Crippen molar-refractivity contribution in [1.29, 1.82) is 0 Å². The highest BCUT2D eigenvalue weighted by Crippen LogP contribution is 2.17. The molecule has 0 aliphatic carbocycles. The number of carbonyl (C=O) groups is 1. The molecule has 2 aromatic carbocycles. The monoisotopic (exact) mass is 331 g/mol. The molecule has 0 saturated heterocycles. The van der Waals surface area contributed by atoms with Crippen molar-refractivity contribution in [3.8, 4) is 0 Å². The first-order chi connectivity index (χ1) is 11.5. The van der Waals surface area contributed by atoms with Gasteiger partial charge in [-0.15, -0.1) is 0 Å². The molecule has 0 aliphatic heterocycles. The summed E-state index contributed by atoms with van der Waals surface area (Å²) in [6.07, 6.45) is -0.780. The minimum atomic E-state index is -0.780. The Morgan fingerprint density at radius 2 is 1.71 bits per heavy atom. The molecular weight excluding hydrogens is 309 g/mol. The van der Waals surface area contributed by atoms with Crippen LogP contribution in [0, 0.1) is 5.82 Å². The molecule has 0 aliphatic rings. The van der Waals surface area contributed by atoms with Gasteiger partial charge in [-0.05, 0) is 35.4 Å². The number of rotatable bonds is 6. The second-order valence-electron chi connectivity index (χ2n) is 5.69. The van der Waals surface area contributed by atoms with Crippen LogP contribution in [0.4, 0.5) is 14.9 Å². The molecule has 128 valence electrons. The zero-order chi connectivity index (χ0) is 17.5. The van der Waals surface area contributed by atoms with Crippen molar-refractivity contribution in [1.82, 2.24) is 10.6 Å². The predicted octanol–water partition coefficient (Wildman–Crippen LogP) is 2.42. The first-order valence-electron chi connectivity index (χ1n) is 7.67. The van der Waals surface area contributed by atoms with Gasteiger partial charge >= 0.3 is 6.03 Å². The van der Waals surface area contributed by atoms with Crippen molar-refractivity contribution in [2.24, 2.45) is 0 Å². The molecule has 2 rings (SSSR count). The van der Waals surface area contributed by atoms with Crippen LogP contribution in [0.2, 0.25) is 0 Å². The summed E-state index contributed by atoms with van der Waals surface area (Å²) >= 11 is 0. The second-order valence-corrected chi connectivity index (χ2v) is 5.69. The molecule has 0 bridgehead atoms. The van der Waals surface area contributed by atoms with Crippen LogP contribution in [-0.4, -0.2) is 31.8 Å². The van der Waals surface area contributed by atoms with Crippen molar-refractivity contribution in [3.63, 3.8) is 0 Å². The number of hydrogen-bond acceptors (Lipinski definition) is 3. The molecule has 0 saturated carbocycles. The third-order valence-corrected chi connectivity index (χ3v) is 3.62. The third-order valence-electron chi connectivity index (χ3n) is 3.62. The summed E-state index contributed by atoms with van der Waals surface area (Å²) in [5.74, 6) is -0.313. The summed E-state index contributed by atoms with van der Waals surface area (Å²) < 4.78 is 12.8. The maximum atomic E-state index is 12.8. The molecule has 0 spiro atoms. The van der Waals surface area contributed by atoms with Crippen LogP contribution >= 0.6 is 0 Å². The van der Waals surface area contributed by atoms with Gasteiger partial charge in [0.1, 0.15) is 5.82 Å². The lowest BCUT2D eigenvalue weighted by Crippen LogP contribution is -2.37. The van der Waals surface area contributed by atoms with Gasteiger partial charge in [-0.2, -0.15) is 0 Å². The van der Waals surface area contributed by atoms with Crippen molar-refractivity contribution < 1.29 is 14.3 Å². The average molecular weight is 331 g/mol. The molecule has 3 N–H and O–H groups in total. The minimum Gasteiger partial charge on any atom is -0.387 e. The molecule has 2 aromatic rings. The Morgan fingerprint density at radius 3 is 2.29 bits per heavy atom. The molecule has 24 heavy (non-hydrogen) atoms. The van der Waals surface area contributed by atoms with Crippen LogP contribution in [0.5, 0.6) is 0 Å². The Bertz CT molecular complexity index is 657. The van der Waals surface area contributed by atoms with E-state index in [4.69, 9.17) is 0 Å². The highest BCUT2D eigenvalue weighted by Gasteiger charge is 2.09. The Balaban J connectivity index is 1.77. The van der Waals surface area contributed by atoms with E-state index in [0.29, 0.717) is 6.54 Å². The van der Waals surface area contributed by atoms with E-state index in [1.165, 1.54) is 12.1 Å². The number of aliphatic hydroxyl groups excluding tert-OH is 1. The number of aliphatic hydroxyl groups is 1. The summed E-state index contributed by atoms with van der Waals surface area (Å²) in [5, 5.41) is 15.4. The Morgan fingerprint density at radius 1 is 1.08 bits per heavy atom. The first kappa shape index (κ1) is 17.7. The Kier molecular flexibility index (Phi) is 6.14. The summed E-state index contributed by atoms with van der Waals surface area (Å²) in [4.78, 5) is 13.7. The highest BCUT2D eigenvalue weighted by molar-refractivity contribution is 5.73. The number of amides is 2. The van der Waals surface area contributed by atoms with Crippen LogP contribution in [0.3, 0.4) is 0 Å². The smallest absolute Gasteiger partial charge is 0.315 e. The summed E-state index contributed by atoms with van der Waals surface area (Å²) in [7, 11) is 3.89. The van der Waals surface area contributed by atoms with Crippen LogP contribution in [0.25, 0.3) is 0 Å². The fraction of sp³-hybridized carbons (Fsp3) is 0.278. The maximum Gasteiger partial charge on any atom is 0.315 e. The number of halogens is 1. The molecule has 0 unspecified atom stereocenters. The predicted molar refractivity (Wildman–Crippen MR) is 92.4 cm³/mol. The van der Waals surface area contributed by atoms with E-state index >= 15 is 0 Å². The molecule has 0 aromatic heterocycles. The first-order valence-corrected chi connectivity index (χ1v) is 7.67. The standard InChI is InChI=1S/C18H22FN3O2/c1-22(2)16-9-5-14(6-10-16)17(23)12-21-18(24)20-11-13-3-7-15(19)8-4-13/h3-10,17,23H,11-12H2,1-2H3,(H2,20,21,24)/t17-/m0/s1. The maximum absolute atomic E-state index is 12.8. The van der Waals surface area contributed by atoms with E-state index in [0.717, 1.165) is 16.8 Å². The van der Waals surface area contributed by atoms with Crippen LogP contribution in [-0.2, 0) is 6.54 Å². The van der Waals surface area contributed by atoms with Crippen molar-refractivity contribution >= 4 is 11.7 Å². The normalized spacial score (nSPS) is 11.7. The second kappa shape index (κ2) is 8.31. The molecule has 0 radical (unpaired) electrons. The van der Waals surface area contributed by atoms with Crippen molar-refractivity contribution in [2.45, 2.75) is 12.6 Å². The van der Waals surface area contributed by atoms with Crippen LogP contribution in [0.1, 0.15) is 17.2 Å². The number of hydrogen-bond donors (Lipinski definition) is 3. The number of urea groups is 1. The van der Waals surface area contributed by atoms with Gasteiger partial charge in [-0.1, -0.05) is 24.3 Å². The molecule has 6 heteroatoms. The van der Waals surface area contributed by atoms with E-state index < -0.39 is 6.10 Å². The fourth-order valence-corrected chi connectivity index (χ4v) is 2.15. The lowest BCUT2D eigenvalue weighted by molar-refractivity contribution is 0.173. The van der Waals surface area contributed by atoms with E-state index in [-0.39, 0.29) is 18.4 Å². The van der Waals surface area contributed by atoms with Gasteiger partial charge in [0, 0.05) is 32.9 Å². The lowest BCUT2D eigenvalue weighted by Gasteiger charge is -2.16. The number of anilines is 1. The van der Waals surface area contributed by atoms with E-state index in [1.807, 2.05) is 43.3 Å². The van der Waals surface area contributed by atoms with Gasteiger partial charge < -0.3 is 20.6 Å². The fourth-order valence-electron chi connectivity index (χ4n) is 2.15. The average Bonchev–Trinajstić information content (AvgIpc) is 2.59. The number of nitrogens with one attached hydrogen (secondary N) is 2. The van der Waals surface area contributed by atoms with Crippen molar-refractivity contribution in [3.05, 3.63) is 65.5 Å². The molecule has 0 fully saturated rings. The summed E-state index contributed by atoms with van der Waals surface area (Å²) in [6.45, 7) is 0.399. The molecule has 5 nitrogen and oxygen atoms in total. The van der Waals surface area contributed by atoms with E-state index in [2.05, 4.69) is 10.6 Å². The Labute approximate surface area is 141 Å². The van der Waals surface area contributed by atoms with Gasteiger partial charge in [-0.25, -0.2) is 9.18 Å². The quantitative estimate of drug-likeness (QED) is 0.762. The topological polar surface area (TPSA) is 64.6 Å². The highest BCUT2D eigenvalue weighted by atomic mass is 19.1. The number of carbonyl (C=O) groups excluding carboxylic acids is 1. The number of nitrogens with zero attached hydrogens (tertiary/aromatic N) is 1. The summed E-state index contributed by atoms with van der Waals surface area (Å²) in [6, 6.07) is 13.0. The van der Waals surface area contributed by atoms with E-state index in [1.54, 1.807) is 12.1 Å². The molecule has 0 heterocycles.